The van der Waals surface area contributed by atoms with Crippen LogP contribution in [0.2, 0.25) is 0 Å². The van der Waals surface area contributed by atoms with Crippen LogP contribution in [-0.4, -0.2) is 46.7 Å². The van der Waals surface area contributed by atoms with E-state index in [9.17, 15) is 14.7 Å². The Bertz CT molecular complexity index is 921. The molecule has 26 heavy (non-hydrogen) atoms. The molecule has 0 aliphatic rings. The highest BCUT2D eigenvalue weighted by atomic mass is 16.3. The molecule has 3 rings (SSSR count). The van der Waals surface area contributed by atoms with Crippen molar-refractivity contribution in [3.05, 3.63) is 60.4 Å². The van der Waals surface area contributed by atoms with Crippen LogP contribution in [0.1, 0.15) is 10.4 Å². The zero-order chi connectivity index (χ0) is 18.5. The summed E-state index contributed by atoms with van der Waals surface area (Å²) in [6.45, 7) is 0.133. The van der Waals surface area contributed by atoms with E-state index in [2.05, 4.69) is 10.3 Å². The molecule has 1 heterocycles. The molecule has 0 saturated carbocycles. The molecule has 0 bridgehead atoms. The van der Waals surface area contributed by atoms with E-state index in [-0.39, 0.29) is 31.5 Å². The number of hydrogen-bond donors (Lipinski definition) is 2. The number of carbonyl (C=O) groups is 2. The largest absolute Gasteiger partial charge is 0.395 e. The van der Waals surface area contributed by atoms with Crippen LogP contribution in [0, 0.1) is 0 Å². The Labute approximate surface area is 150 Å². The number of anilines is 1. The fraction of sp³-hybridized carbons (Fsp3) is 0.211. The number of hydrogen-bond acceptors (Lipinski definition) is 4. The van der Waals surface area contributed by atoms with Crippen molar-refractivity contribution in [2.24, 2.45) is 0 Å². The third-order valence-corrected chi connectivity index (χ3v) is 4.12. The van der Waals surface area contributed by atoms with Crippen molar-refractivity contribution >= 4 is 28.5 Å². The highest BCUT2D eigenvalue weighted by molar-refractivity contribution is 6.05. The van der Waals surface area contributed by atoms with Gasteiger partial charge in [-0.1, -0.05) is 24.3 Å². The van der Waals surface area contributed by atoms with Crippen LogP contribution >= 0.6 is 0 Å². The van der Waals surface area contributed by atoms with Gasteiger partial charge in [0.2, 0.25) is 5.91 Å². The van der Waals surface area contributed by atoms with Gasteiger partial charge < -0.3 is 19.9 Å². The Hall–Kier alpha value is -3.19. The fourth-order valence-electron chi connectivity index (χ4n) is 2.87. The Morgan fingerprint density at radius 3 is 2.62 bits per heavy atom. The van der Waals surface area contributed by atoms with Gasteiger partial charge in [-0.25, -0.2) is 4.98 Å². The minimum Gasteiger partial charge on any atom is -0.395 e. The quantitative estimate of drug-likeness (QED) is 0.702. The summed E-state index contributed by atoms with van der Waals surface area (Å²) in [6.07, 6.45) is 1.55. The Morgan fingerprint density at radius 2 is 1.92 bits per heavy atom. The van der Waals surface area contributed by atoms with Crippen LogP contribution in [0.25, 0.3) is 11.0 Å². The first kappa shape index (κ1) is 17.6. The number of aliphatic hydroxyl groups is 1. The van der Waals surface area contributed by atoms with Gasteiger partial charge in [-0.15, -0.1) is 0 Å². The summed E-state index contributed by atoms with van der Waals surface area (Å²) in [6, 6.07) is 14.5. The number of aliphatic hydroxyl groups excluding tert-OH is 1. The van der Waals surface area contributed by atoms with E-state index in [4.69, 9.17) is 0 Å². The number of nitrogens with zero attached hydrogens (tertiary/aromatic N) is 3. The predicted molar refractivity (Wildman–Crippen MR) is 99.0 cm³/mol. The van der Waals surface area contributed by atoms with Gasteiger partial charge in [0, 0.05) is 19.3 Å². The standard InChI is InChI=1S/C19H20N4O3/c1-20-19(26)15-8-5-9-16-18(15)21-13-22(16)12-17(25)23(10-11-24)14-6-3-2-4-7-14/h2-9,13,24H,10-12H2,1H3,(H,20,26). The zero-order valence-electron chi connectivity index (χ0n) is 14.4. The first-order valence-electron chi connectivity index (χ1n) is 8.28. The van der Waals surface area contributed by atoms with Crippen molar-refractivity contribution in [2.75, 3.05) is 25.1 Å². The van der Waals surface area contributed by atoms with Gasteiger partial charge in [-0.2, -0.15) is 0 Å². The predicted octanol–water partition coefficient (Wildman–Crippen LogP) is 1.42. The molecular formula is C19H20N4O3. The number of aromatic nitrogens is 2. The molecule has 0 saturated heterocycles. The molecule has 0 radical (unpaired) electrons. The lowest BCUT2D eigenvalue weighted by Gasteiger charge is -2.22. The van der Waals surface area contributed by atoms with Crippen molar-refractivity contribution in [3.8, 4) is 0 Å². The number of para-hydroxylation sites is 2. The van der Waals surface area contributed by atoms with Gasteiger partial charge in [-0.05, 0) is 24.3 Å². The number of nitrogens with one attached hydrogen (secondary N) is 1. The molecule has 7 nitrogen and oxygen atoms in total. The minimum absolute atomic E-state index is 0.0581. The molecule has 0 aliphatic carbocycles. The molecule has 0 atom stereocenters. The van der Waals surface area contributed by atoms with Crippen LogP contribution in [0.4, 0.5) is 5.69 Å². The number of rotatable bonds is 6. The monoisotopic (exact) mass is 352 g/mol. The molecule has 7 heteroatoms. The highest BCUT2D eigenvalue weighted by Gasteiger charge is 2.18. The lowest BCUT2D eigenvalue weighted by molar-refractivity contribution is -0.119. The second kappa shape index (κ2) is 7.79. The normalized spacial score (nSPS) is 10.7. The van der Waals surface area contributed by atoms with Gasteiger partial charge in [0.05, 0.1) is 24.0 Å². The van der Waals surface area contributed by atoms with E-state index in [1.54, 1.807) is 30.1 Å². The van der Waals surface area contributed by atoms with Crippen molar-refractivity contribution < 1.29 is 14.7 Å². The molecular weight excluding hydrogens is 332 g/mol. The molecule has 0 fully saturated rings. The maximum absolute atomic E-state index is 12.8. The van der Waals surface area contributed by atoms with Crippen LogP contribution in [0.15, 0.2) is 54.9 Å². The van der Waals surface area contributed by atoms with E-state index < -0.39 is 0 Å². The first-order valence-corrected chi connectivity index (χ1v) is 8.28. The second-order valence-corrected chi connectivity index (χ2v) is 5.73. The van der Waals surface area contributed by atoms with Crippen LogP contribution in [0.3, 0.4) is 0 Å². The lowest BCUT2D eigenvalue weighted by atomic mass is 10.1. The Kier molecular flexibility index (Phi) is 5.28. The molecule has 3 aromatic rings. The van der Waals surface area contributed by atoms with Crippen molar-refractivity contribution in [2.45, 2.75) is 6.54 Å². The molecule has 1 aromatic heterocycles. The average Bonchev–Trinajstić information content (AvgIpc) is 3.09. The van der Waals surface area contributed by atoms with Crippen molar-refractivity contribution in [1.82, 2.24) is 14.9 Å². The highest BCUT2D eigenvalue weighted by Crippen LogP contribution is 2.19. The molecule has 134 valence electrons. The summed E-state index contributed by atoms with van der Waals surface area (Å²) >= 11 is 0. The van der Waals surface area contributed by atoms with Gasteiger partial charge in [-0.3, -0.25) is 9.59 Å². The Balaban J connectivity index is 1.90. The summed E-state index contributed by atoms with van der Waals surface area (Å²) in [5.74, 6) is -0.395. The third kappa shape index (κ3) is 3.43. The number of amides is 2. The molecule has 0 spiro atoms. The van der Waals surface area contributed by atoms with E-state index in [1.165, 1.54) is 4.90 Å². The lowest BCUT2D eigenvalue weighted by Crippen LogP contribution is -2.36. The molecule has 2 amide bonds. The molecule has 2 N–H and O–H groups in total. The van der Waals surface area contributed by atoms with Crippen molar-refractivity contribution in [3.63, 3.8) is 0 Å². The minimum atomic E-state index is -0.224. The Morgan fingerprint density at radius 1 is 1.15 bits per heavy atom. The number of benzene rings is 2. The van der Waals surface area contributed by atoms with E-state index in [1.807, 2.05) is 36.4 Å². The van der Waals surface area contributed by atoms with E-state index in [0.29, 0.717) is 16.6 Å². The SMILES string of the molecule is CNC(=O)c1cccc2c1ncn2CC(=O)N(CCO)c1ccccc1. The van der Waals surface area contributed by atoms with Crippen LogP contribution in [0.5, 0.6) is 0 Å². The smallest absolute Gasteiger partial charge is 0.253 e. The van der Waals surface area contributed by atoms with Gasteiger partial charge in [0.15, 0.2) is 0 Å². The summed E-state index contributed by atoms with van der Waals surface area (Å²) in [5.41, 5.74) is 2.44. The van der Waals surface area contributed by atoms with Gasteiger partial charge in [0.25, 0.3) is 5.91 Å². The number of fused-ring (bicyclic) bond motifs is 1. The number of carbonyl (C=O) groups excluding carboxylic acids is 2. The number of imidazole rings is 1. The van der Waals surface area contributed by atoms with Gasteiger partial charge in [0.1, 0.15) is 12.1 Å². The van der Waals surface area contributed by atoms with Crippen LogP contribution < -0.4 is 10.2 Å². The maximum Gasteiger partial charge on any atom is 0.253 e. The molecule has 0 aliphatic heterocycles. The molecule has 0 unspecified atom stereocenters. The average molecular weight is 352 g/mol. The maximum atomic E-state index is 12.8. The van der Waals surface area contributed by atoms with E-state index >= 15 is 0 Å². The van der Waals surface area contributed by atoms with Crippen molar-refractivity contribution in [1.29, 1.82) is 0 Å². The molecule has 2 aromatic carbocycles. The fourth-order valence-corrected chi connectivity index (χ4v) is 2.87. The second-order valence-electron chi connectivity index (χ2n) is 5.73. The van der Waals surface area contributed by atoms with Crippen LogP contribution in [-0.2, 0) is 11.3 Å². The first-order chi connectivity index (χ1) is 12.7. The summed E-state index contributed by atoms with van der Waals surface area (Å²) in [5, 5.41) is 11.9. The summed E-state index contributed by atoms with van der Waals surface area (Å²) in [4.78, 5) is 30.6. The summed E-state index contributed by atoms with van der Waals surface area (Å²) in [7, 11) is 1.56. The van der Waals surface area contributed by atoms with E-state index in [0.717, 1.165) is 5.69 Å². The zero-order valence-corrected chi connectivity index (χ0v) is 14.4. The summed E-state index contributed by atoms with van der Waals surface area (Å²) < 4.78 is 1.71. The third-order valence-electron chi connectivity index (χ3n) is 4.12. The van der Waals surface area contributed by atoms with Gasteiger partial charge >= 0.3 is 0 Å². The topological polar surface area (TPSA) is 87.5 Å².